The summed E-state index contributed by atoms with van der Waals surface area (Å²) in [6.45, 7) is 13.3. The number of fused-ring (bicyclic) bond motifs is 2. The summed E-state index contributed by atoms with van der Waals surface area (Å²) in [5.74, 6) is 2.49. The van der Waals surface area contributed by atoms with Gasteiger partial charge in [0.15, 0.2) is 0 Å². The zero-order valence-corrected chi connectivity index (χ0v) is 37.7. The number of amides is 2. The molecule has 0 unspecified atom stereocenters. The van der Waals surface area contributed by atoms with Gasteiger partial charge in [-0.2, -0.15) is 0 Å². The third-order valence-electron chi connectivity index (χ3n) is 10.5. The fourth-order valence-electron chi connectivity index (χ4n) is 6.49. The van der Waals surface area contributed by atoms with Crippen LogP contribution in [0, 0.1) is 13.8 Å². The van der Waals surface area contributed by atoms with Crippen LogP contribution in [0.2, 0.25) is 0 Å². The number of nitrogens with zero attached hydrogens (tertiary/aromatic N) is 12. The second-order valence-electron chi connectivity index (χ2n) is 15.3. The number of para-hydroxylation sites is 4. The minimum Gasteiger partial charge on any atom is -0.342 e. The zero-order chi connectivity index (χ0) is 44.1. The Hall–Kier alpha value is -6.12. The van der Waals surface area contributed by atoms with Crippen LogP contribution in [0.25, 0.3) is 22.1 Å². The topological polar surface area (TPSA) is 118 Å². The van der Waals surface area contributed by atoms with E-state index in [-0.39, 0.29) is 11.8 Å². The van der Waals surface area contributed by atoms with Crippen LogP contribution in [0.1, 0.15) is 41.8 Å². The van der Waals surface area contributed by atoms with E-state index < -0.39 is 0 Å². The van der Waals surface area contributed by atoms with Crippen LogP contribution in [0.15, 0.2) is 116 Å². The van der Waals surface area contributed by atoms with Gasteiger partial charge < -0.3 is 37.9 Å². The van der Waals surface area contributed by atoms with Crippen molar-refractivity contribution in [3.63, 3.8) is 0 Å². The molecule has 2 fully saturated rings. The maximum atomic E-state index is 12.2. The van der Waals surface area contributed by atoms with Crippen LogP contribution in [0.4, 0.5) is 0 Å². The molecule has 6 heterocycles. The first kappa shape index (κ1) is 47.6. The van der Waals surface area contributed by atoms with Gasteiger partial charge in [-0.3, -0.25) is 9.59 Å². The summed E-state index contributed by atoms with van der Waals surface area (Å²) in [6.07, 6.45) is 13.1. The summed E-state index contributed by atoms with van der Waals surface area (Å²) >= 11 is 0. The molecule has 61 heavy (non-hydrogen) atoms. The average Bonchev–Trinajstić information content (AvgIpc) is 3.99. The Balaban J connectivity index is 0.000000165. The third kappa shape index (κ3) is 15.8. The van der Waals surface area contributed by atoms with Gasteiger partial charge in [-0.1, -0.05) is 42.5 Å². The molecule has 326 valence electrons. The van der Waals surface area contributed by atoms with Gasteiger partial charge >= 0.3 is 0 Å². The number of carbonyl (C=O) groups excluding carboxylic acids is 2. The number of imidazole rings is 4. The minimum atomic E-state index is 0.163. The van der Waals surface area contributed by atoms with Crippen molar-refractivity contribution in [3.05, 3.63) is 134 Å². The molecule has 0 aliphatic carbocycles. The standard InChI is InChI=1S/C13H18N2O.C9H10N2.C8H16N2O.C8H8N2.C5H8N2.C4H6N2/c1-14-8-5-9-15(11-10-14)13(16)12-6-3-2-4-7-12;1-7-10-8-5-3-4-6-9(8)11(7)2;1-8(11)10-5-3-4-9(2)6-7-10;1-10-6-9-7-4-2-3-5-8(7)10;1-5-6-3-4-7(5)2;1-6-3-2-5-4-6/h2-4,6-7H,5,8-11H2,1H3;3-6H,1-2H3;3-7H2,1-2H3;2-6H,1H3;3-4H,1-2H3;2-4H,1H3. The van der Waals surface area contributed by atoms with E-state index in [4.69, 9.17) is 0 Å². The van der Waals surface area contributed by atoms with Crippen LogP contribution < -0.4 is 0 Å². The second-order valence-corrected chi connectivity index (χ2v) is 15.3. The molecule has 0 radical (unpaired) electrons. The van der Waals surface area contributed by atoms with Gasteiger partial charge in [-0.25, -0.2) is 19.9 Å². The fourth-order valence-corrected chi connectivity index (χ4v) is 6.49. The Morgan fingerprint density at radius 2 is 1.13 bits per heavy atom. The van der Waals surface area contributed by atoms with Crippen molar-refractivity contribution in [1.82, 2.24) is 57.8 Å². The van der Waals surface area contributed by atoms with Crippen molar-refractivity contribution in [2.45, 2.75) is 33.6 Å². The average molecular weight is 831 g/mol. The maximum absolute atomic E-state index is 12.2. The van der Waals surface area contributed by atoms with Gasteiger partial charge in [0.05, 0.1) is 34.7 Å². The van der Waals surface area contributed by atoms with Crippen LogP contribution in [-0.2, 0) is 33.0 Å². The molecular formula is C47H66N12O2. The minimum absolute atomic E-state index is 0.163. The van der Waals surface area contributed by atoms with Crippen LogP contribution in [0.3, 0.4) is 0 Å². The highest BCUT2D eigenvalue weighted by molar-refractivity contribution is 5.94. The number of aryl methyl sites for hydroxylation is 6. The Morgan fingerprint density at radius 1 is 0.541 bits per heavy atom. The molecule has 4 aromatic heterocycles. The molecule has 0 saturated carbocycles. The fraction of sp³-hybridized carbons (Fsp3) is 0.404. The lowest BCUT2D eigenvalue weighted by molar-refractivity contribution is -0.128. The van der Waals surface area contributed by atoms with Crippen LogP contribution >= 0.6 is 0 Å². The zero-order valence-electron chi connectivity index (χ0n) is 37.7. The van der Waals surface area contributed by atoms with E-state index in [0.29, 0.717) is 0 Å². The molecule has 2 aliphatic rings. The molecule has 0 atom stereocenters. The van der Waals surface area contributed by atoms with Gasteiger partial charge in [0, 0.05) is 105 Å². The highest BCUT2D eigenvalue weighted by Crippen LogP contribution is 2.13. The lowest BCUT2D eigenvalue weighted by atomic mass is 10.2. The van der Waals surface area contributed by atoms with Gasteiger partial charge in [-0.05, 0) is 90.3 Å². The van der Waals surface area contributed by atoms with E-state index in [1.165, 1.54) is 11.0 Å². The monoisotopic (exact) mass is 831 g/mol. The molecule has 14 heteroatoms. The number of aromatic nitrogens is 8. The molecule has 2 amide bonds. The molecule has 2 aliphatic heterocycles. The Labute approximate surface area is 362 Å². The summed E-state index contributed by atoms with van der Waals surface area (Å²) < 4.78 is 7.96. The molecule has 0 spiro atoms. The number of hydrogen-bond donors (Lipinski definition) is 0. The highest BCUT2D eigenvalue weighted by Gasteiger charge is 2.18. The summed E-state index contributed by atoms with van der Waals surface area (Å²) in [5.41, 5.74) is 5.32. The predicted molar refractivity (Wildman–Crippen MR) is 246 cm³/mol. The summed E-state index contributed by atoms with van der Waals surface area (Å²) in [6, 6.07) is 25.8. The normalized spacial score (nSPS) is 14.2. The van der Waals surface area contributed by atoms with Crippen molar-refractivity contribution in [3.8, 4) is 0 Å². The van der Waals surface area contributed by atoms with Gasteiger partial charge in [0.25, 0.3) is 5.91 Å². The van der Waals surface area contributed by atoms with Gasteiger partial charge in [0.1, 0.15) is 11.6 Å². The lowest BCUT2D eigenvalue weighted by Crippen LogP contribution is -2.34. The smallest absolute Gasteiger partial charge is 0.253 e. The lowest BCUT2D eigenvalue weighted by Gasteiger charge is -2.20. The maximum Gasteiger partial charge on any atom is 0.253 e. The highest BCUT2D eigenvalue weighted by atomic mass is 16.2. The van der Waals surface area contributed by atoms with E-state index in [1.54, 1.807) is 25.6 Å². The molecule has 7 aromatic rings. The van der Waals surface area contributed by atoms with E-state index in [9.17, 15) is 9.59 Å². The number of benzene rings is 3. The van der Waals surface area contributed by atoms with Crippen LogP contribution in [0.5, 0.6) is 0 Å². The molecule has 0 bridgehead atoms. The number of hydrogen-bond acceptors (Lipinski definition) is 8. The molecule has 0 N–H and O–H groups in total. The number of rotatable bonds is 1. The van der Waals surface area contributed by atoms with Crippen LogP contribution in [-0.4, -0.2) is 136 Å². The van der Waals surface area contributed by atoms with Crippen molar-refractivity contribution in [2.75, 3.05) is 66.5 Å². The van der Waals surface area contributed by atoms with Crippen molar-refractivity contribution in [2.24, 2.45) is 28.2 Å². The first-order chi connectivity index (χ1) is 29.3. The third-order valence-corrected chi connectivity index (χ3v) is 10.5. The molecule has 14 nitrogen and oxygen atoms in total. The Kier molecular flexibility index (Phi) is 19.4. The second kappa shape index (κ2) is 24.8. The van der Waals surface area contributed by atoms with E-state index in [0.717, 1.165) is 93.4 Å². The van der Waals surface area contributed by atoms with Crippen molar-refractivity contribution >= 4 is 33.9 Å². The molecule has 2 saturated heterocycles. The summed E-state index contributed by atoms with van der Waals surface area (Å²) in [4.78, 5) is 47.9. The number of carbonyl (C=O) groups is 2. The summed E-state index contributed by atoms with van der Waals surface area (Å²) in [7, 11) is 12.1. The number of likely N-dealkylation sites (N-methyl/N-ethyl adjacent to an activating group) is 2. The van der Waals surface area contributed by atoms with Crippen molar-refractivity contribution in [1.29, 1.82) is 0 Å². The Bertz CT molecular complexity index is 2300. The SMILES string of the molecule is CC(=O)N1CCCN(C)CC1.CN1CCCN(C(=O)c2ccccc2)CC1.Cc1nc2ccccc2n1C.Cc1nccn1C.Cn1ccnc1.Cn1cnc2ccccc21. The molecular weight excluding hydrogens is 765 g/mol. The first-order valence-electron chi connectivity index (χ1n) is 20.9. The van der Waals surface area contributed by atoms with Crippen molar-refractivity contribution < 1.29 is 9.59 Å². The van der Waals surface area contributed by atoms with E-state index >= 15 is 0 Å². The molecule has 9 rings (SSSR count). The Morgan fingerprint density at radius 3 is 1.64 bits per heavy atom. The predicted octanol–water partition coefficient (Wildman–Crippen LogP) is 6.24. The largest absolute Gasteiger partial charge is 0.342 e. The van der Waals surface area contributed by atoms with E-state index in [2.05, 4.69) is 60.5 Å². The first-order valence-corrected chi connectivity index (χ1v) is 20.9. The molecule has 3 aromatic carbocycles. The van der Waals surface area contributed by atoms with E-state index in [1.807, 2.05) is 151 Å². The summed E-state index contributed by atoms with van der Waals surface area (Å²) in [5, 5.41) is 0. The van der Waals surface area contributed by atoms with Gasteiger partial charge in [-0.15, -0.1) is 0 Å². The van der Waals surface area contributed by atoms with Gasteiger partial charge in [0.2, 0.25) is 5.91 Å². The quantitative estimate of drug-likeness (QED) is 0.191.